The molecule has 2 aliphatic heterocycles. The predicted molar refractivity (Wildman–Crippen MR) is 98.0 cm³/mol. The van der Waals surface area contributed by atoms with Crippen molar-refractivity contribution in [3.05, 3.63) is 35.6 Å². The number of amides is 1. The van der Waals surface area contributed by atoms with Crippen molar-refractivity contribution in [2.75, 3.05) is 32.7 Å². The van der Waals surface area contributed by atoms with E-state index in [1.807, 2.05) is 4.90 Å². The van der Waals surface area contributed by atoms with E-state index in [2.05, 4.69) is 17.1 Å². The molecule has 4 nitrogen and oxygen atoms in total. The number of likely N-dealkylation sites (tertiary alicyclic amines) is 2. The Hall–Kier alpha value is -1.46. The van der Waals surface area contributed by atoms with Crippen molar-refractivity contribution < 1.29 is 9.18 Å². The molecule has 1 amide bonds. The first kappa shape index (κ1) is 18.3. The van der Waals surface area contributed by atoms with Gasteiger partial charge in [0.25, 0.3) is 0 Å². The van der Waals surface area contributed by atoms with E-state index in [4.69, 9.17) is 0 Å². The second-order valence-electron chi connectivity index (χ2n) is 7.40. The fraction of sp³-hybridized carbons (Fsp3) is 0.650. The van der Waals surface area contributed by atoms with Crippen LogP contribution in [0, 0.1) is 5.82 Å². The first-order valence-electron chi connectivity index (χ1n) is 9.64. The van der Waals surface area contributed by atoms with Crippen LogP contribution in [-0.2, 0) is 11.2 Å². The Labute approximate surface area is 150 Å². The molecule has 138 valence electrons. The van der Waals surface area contributed by atoms with Gasteiger partial charge >= 0.3 is 0 Å². The number of benzene rings is 1. The van der Waals surface area contributed by atoms with Gasteiger partial charge in [-0.25, -0.2) is 4.39 Å². The summed E-state index contributed by atoms with van der Waals surface area (Å²) >= 11 is 0. The van der Waals surface area contributed by atoms with Gasteiger partial charge in [0.1, 0.15) is 5.82 Å². The van der Waals surface area contributed by atoms with Crippen LogP contribution in [0.3, 0.4) is 0 Å². The molecule has 0 aromatic heterocycles. The molecule has 1 atom stereocenters. The van der Waals surface area contributed by atoms with E-state index >= 15 is 0 Å². The zero-order valence-electron chi connectivity index (χ0n) is 15.2. The van der Waals surface area contributed by atoms with Crippen molar-refractivity contribution in [2.24, 2.45) is 0 Å². The third-order valence-electron chi connectivity index (χ3n) is 5.40. The number of carbonyl (C=O) groups is 1. The summed E-state index contributed by atoms with van der Waals surface area (Å²) in [5, 5.41) is 3.71. The Morgan fingerprint density at radius 1 is 1.12 bits per heavy atom. The van der Waals surface area contributed by atoms with Crippen LogP contribution in [0.1, 0.15) is 38.2 Å². The first-order valence-corrected chi connectivity index (χ1v) is 9.64. The molecule has 25 heavy (non-hydrogen) atoms. The molecule has 2 saturated heterocycles. The first-order chi connectivity index (χ1) is 12.1. The molecular weight excluding hydrogens is 317 g/mol. The lowest BCUT2D eigenvalue weighted by molar-refractivity contribution is -0.127. The third kappa shape index (κ3) is 5.25. The van der Waals surface area contributed by atoms with Crippen molar-refractivity contribution in [3.63, 3.8) is 0 Å². The number of hydrogen-bond donors (Lipinski definition) is 1. The van der Waals surface area contributed by atoms with Crippen molar-refractivity contribution in [1.29, 1.82) is 0 Å². The van der Waals surface area contributed by atoms with Crippen molar-refractivity contribution in [1.82, 2.24) is 15.1 Å². The molecule has 0 unspecified atom stereocenters. The second kappa shape index (κ2) is 8.77. The van der Waals surface area contributed by atoms with E-state index in [9.17, 15) is 9.18 Å². The van der Waals surface area contributed by atoms with E-state index < -0.39 is 0 Å². The van der Waals surface area contributed by atoms with Gasteiger partial charge in [0.05, 0.1) is 0 Å². The van der Waals surface area contributed by atoms with E-state index in [-0.39, 0.29) is 17.8 Å². The average molecular weight is 347 g/mol. The molecule has 2 aliphatic rings. The maximum atomic E-state index is 13.0. The van der Waals surface area contributed by atoms with Crippen molar-refractivity contribution in [3.8, 4) is 0 Å². The van der Waals surface area contributed by atoms with Crippen molar-refractivity contribution in [2.45, 2.75) is 51.1 Å². The maximum absolute atomic E-state index is 13.0. The molecule has 1 aromatic carbocycles. The van der Waals surface area contributed by atoms with Gasteiger partial charge in [-0.2, -0.15) is 0 Å². The summed E-state index contributed by atoms with van der Waals surface area (Å²) in [7, 11) is 0. The molecular formula is C20H30FN3O. The third-order valence-corrected chi connectivity index (χ3v) is 5.40. The minimum atomic E-state index is -0.213. The normalized spacial score (nSPS) is 22.7. The zero-order valence-corrected chi connectivity index (χ0v) is 15.2. The number of rotatable bonds is 7. The number of nitrogens with zero attached hydrogens (tertiary/aromatic N) is 2. The number of hydrogen-bond acceptors (Lipinski definition) is 3. The van der Waals surface area contributed by atoms with Gasteiger partial charge in [0, 0.05) is 31.6 Å². The summed E-state index contributed by atoms with van der Waals surface area (Å²) in [5.74, 6) is 0.0262. The molecule has 1 N–H and O–H groups in total. The summed E-state index contributed by atoms with van der Waals surface area (Å²) in [6.07, 6.45) is 4.98. The molecule has 1 aromatic rings. The molecule has 3 rings (SSSR count). The van der Waals surface area contributed by atoms with Crippen LogP contribution in [0.25, 0.3) is 0 Å². The monoisotopic (exact) mass is 347 g/mol. The molecule has 0 spiro atoms. The van der Waals surface area contributed by atoms with Crippen molar-refractivity contribution >= 4 is 5.91 Å². The molecule has 2 heterocycles. The van der Waals surface area contributed by atoms with Gasteiger partial charge in [0.2, 0.25) is 5.91 Å². The minimum absolute atomic E-state index is 0.213. The van der Waals surface area contributed by atoms with Gasteiger partial charge in [0.15, 0.2) is 0 Å². The fourth-order valence-electron chi connectivity index (χ4n) is 3.99. The van der Waals surface area contributed by atoms with Crippen LogP contribution >= 0.6 is 0 Å². The maximum Gasteiger partial charge on any atom is 0.224 e. The number of nitrogens with one attached hydrogen (secondary N) is 1. The number of piperidine rings is 1. The van der Waals surface area contributed by atoms with E-state index in [0.717, 1.165) is 25.1 Å². The summed E-state index contributed by atoms with van der Waals surface area (Å²) in [6.45, 7) is 7.29. The highest BCUT2D eigenvalue weighted by atomic mass is 19.1. The highest BCUT2D eigenvalue weighted by Gasteiger charge is 2.31. The number of carbonyl (C=O) groups excluding carboxylic acids is 1. The molecule has 0 radical (unpaired) electrons. The summed E-state index contributed by atoms with van der Waals surface area (Å²) in [4.78, 5) is 16.7. The average Bonchev–Trinajstić information content (AvgIpc) is 2.96. The van der Waals surface area contributed by atoms with E-state index in [0.29, 0.717) is 12.5 Å². The van der Waals surface area contributed by atoms with E-state index in [1.54, 1.807) is 12.1 Å². The van der Waals surface area contributed by atoms with Gasteiger partial charge in [-0.15, -0.1) is 0 Å². The Morgan fingerprint density at radius 3 is 2.52 bits per heavy atom. The fourth-order valence-corrected chi connectivity index (χ4v) is 3.99. The molecule has 2 fully saturated rings. The lowest BCUT2D eigenvalue weighted by Crippen LogP contribution is -2.47. The summed E-state index contributed by atoms with van der Waals surface area (Å²) < 4.78 is 13.0. The van der Waals surface area contributed by atoms with Crippen LogP contribution in [0.15, 0.2) is 24.3 Å². The molecule has 5 heteroatoms. The Bertz CT molecular complexity index is 555. The molecule has 0 saturated carbocycles. The lowest BCUT2D eigenvalue weighted by Gasteiger charge is -2.33. The largest absolute Gasteiger partial charge is 0.341 e. The topological polar surface area (TPSA) is 35.6 Å². The molecule has 0 aliphatic carbocycles. The van der Waals surface area contributed by atoms with Gasteiger partial charge in [-0.05, 0) is 63.0 Å². The van der Waals surface area contributed by atoms with Crippen LogP contribution in [0.5, 0.6) is 0 Å². The molecule has 0 bridgehead atoms. The smallest absolute Gasteiger partial charge is 0.224 e. The van der Waals surface area contributed by atoms with Crippen LogP contribution in [-0.4, -0.2) is 60.5 Å². The summed E-state index contributed by atoms with van der Waals surface area (Å²) in [5.41, 5.74) is 1.08. The Kier molecular flexibility index (Phi) is 6.43. The van der Waals surface area contributed by atoms with Gasteiger partial charge in [-0.3, -0.25) is 4.79 Å². The predicted octanol–water partition coefficient (Wildman–Crippen LogP) is 2.43. The van der Waals surface area contributed by atoms with E-state index in [1.165, 1.54) is 51.0 Å². The number of halogens is 1. The van der Waals surface area contributed by atoms with Gasteiger partial charge in [-0.1, -0.05) is 19.1 Å². The standard InChI is InChI=1S/C20H30FN3O/c1-2-10-23-11-8-18(9-12-23)22-19-14-20(25)24(15-19)13-7-16-3-5-17(21)6-4-16/h3-6,18-19,22H,2,7-15H2,1H3/t19-/m1/s1. The Balaban J connectivity index is 1.41. The lowest BCUT2D eigenvalue weighted by atomic mass is 10.0. The van der Waals surface area contributed by atoms with Crippen LogP contribution < -0.4 is 5.32 Å². The SMILES string of the molecule is CCCN1CCC(N[C@@H]2CC(=O)N(CCc3ccc(F)cc3)C2)CC1. The van der Waals surface area contributed by atoms with Crippen LogP contribution in [0.4, 0.5) is 4.39 Å². The van der Waals surface area contributed by atoms with Gasteiger partial charge < -0.3 is 15.1 Å². The quantitative estimate of drug-likeness (QED) is 0.823. The Morgan fingerprint density at radius 2 is 1.84 bits per heavy atom. The highest BCUT2D eigenvalue weighted by molar-refractivity contribution is 5.79. The zero-order chi connectivity index (χ0) is 17.6. The minimum Gasteiger partial charge on any atom is -0.341 e. The van der Waals surface area contributed by atoms with Crippen LogP contribution in [0.2, 0.25) is 0 Å². The summed E-state index contributed by atoms with van der Waals surface area (Å²) in [6, 6.07) is 7.39. The highest BCUT2D eigenvalue weighted by Crippen LogP contribution is 2.17. The second-order valence-corrected chi connectivity index (χ2v) is 7.40.